The summed E-state index contributed by atoms with van der Waals surface area (Å²) in [5.74, 6) is -0.562. The Labute approximate surface area is 126 Å². The highest BCUT2D eigenvalue weighted by Gasteiger charge is 2.68. The molecule has 2 aliphatic rings. The molecule has 122 valence electrons. The van der Waals surface area contributed by atoms with Crippen LogP contribution in [0.4, 0.5) is 13.2 Å². The molecule has 1 atom stereocenters. The van der Waals surface area contributed by atoms with E-state index in [1.54, 1.807) is 4.68 Å². The topological polar surface area (TPSA) is 58.7 Å². The van der Waals surface area contributed by atoms with Gasteiger partial charge in [-0.3, -0.25) is 4.68 Å². The van der Waals surface area contributed by atoms with Crippen LogP contribution in [0.25, 0.3) is 0 Å². The van der Waals surface area contributed by atoms with Gasteiger partial charge in [-0.15, -0.1) is 15.3 Å². The van der Waals surface area contributed by atoms with Crippen LogP contribution in [0.15, 0.2) is 16.4 Å². The maximum atomic E-state index is 13.1. The number of rotatable bonds is 5. The van der Waals surface area contributed by atoms with E-state index in [-0.39, 0.29) is 0 Å². The van der Waals surface area contributed by atoms with Gasteiger partial charge in [0.15, 0.2) is 0 Å². The van der Waals surface area contributed by atoms with Crippen LogP contribution in [0.3, 0.4) is 0 Å². The lowest BCUT2D eigenvalue weighted by Crippen LogP contribution is -2.48. The van der Waals surface area contributed by atoms with E-state index in [0.717, 1.165) is 25.2 Å². The van der Waals surface area contributed by atoms with Gasteiger partial charge >= 0.3 is 6.18 Å². The summed E-state index contributed by atoms with van der Waals surface area (Å²) >= 11 is 0. The molecular weight excluding hydrogens is 297 g/mol. The van der Waals surface area contributed by atoms with Gasteiger partial charge in [0.1, 0.15) is 0 Å². The Hall–Kier alpha value is -1.51. The fraction of sp³-hybridized carbons (Fsp3) is 0.846. The lowest BCUT2D eigenvalue weighted by molar-refractivity contribution is -0.180. The Bertz CT molecular complexity index is 546. The zero-order chi connectivity index (χ0) is 15.8. The van der Waals surface area contributed by atoms with Crippen molar-refractivity contribution in [1.82, 2.24) is 19.9 Å². The maximum absolute atomic E-state index is 13.1. The Morgan fingerprint density at radius 2 is 2.14 bits per heavy atom. The first-order valence-corrected chi connectivity index (χ1v) is 7.57. The van der Waals surface area contributed by atoms with E-state index in [1.165, 1.54) is 0 Å². The van der Waals surface area contributed by atoms with E-state index < -0.39 is 17.8 Å². The van der Waals surface area contributed by atoms with Gasteiger partial charge in [-0.25, -0.2) is 0 Å². The fourth-order valence-corrected chi connectivity index (χ4v) is 3.03. The van der Waals surface area contributed by atoms with Crippen molar-refractivity contribution in [2.24, 2.45) is 16.1 Å². The van der Waals surface area contributed by atoms with Crippen molar-refractivity contribution in [2.45, 2.75) is 44.6 Å². The molecule has 1 aromatic heterocycles. The molecule has 1 fully saturated rings. The van der Waals surface area contributed by atoms with Crippen LogP contribution >= 0.6 is 0 Å². The third-order valence-electron chi connectivity index (χ3n) is 4.40. The smallest absolute Gasteiger partial charge is 0.302 e. The number of halogens is 3. The maximum Gasteiger partial charge on any atom is 0.438 e. The number of nitrogens with zero attached hydrogens (tertiary/aromatic N) is 6. The Morgan fingerprint density at radius 3 is 2.73 bits per heavy atom. The largest absolute Gasteiger partial charge is 0.438 e. The number of aromatic nitrogens is 3. The SMILES string of the molecule is CCn1cc(CCN2CCCC(C3(C(F)(F)F)N=N3)C2)nn1. The number of alkyl halides is 3. The molecule has 22 heavy (non-hydrogen) atoms. The lowest BCUT2D eigenvalue weighted by Gasteiger charge is -2.35. The summed E-state index contributed by atoms with van der Waals surface area (Å²) in [6, 6.07) is 0. The van der Waals surface area contributed by atoms with E-state index in [4.69, 9.17) is 0 Å². The minimum absolute atomic E-state index is 0.383. The summed E-state index contributed by atoms with van der Waals surface area (Å²) in [6.45, 7) is 4.62. The van der Waals surface area contributed by atoms with Gasteiger partial charge in [-0.2, -0.15) is 13.2 Å². The molecule has 0 spiro atoms. The van der Waals surface area contributed by atoms with Crippen LogP contribution in [0.2, 0.25) is 0 Å². The molecule has 0 aromatic carbocycles. The molecule has 1 aromatic rings. The molecule has 9 heteroatoms. The van der Waals surface area contributed by atoms with Crippen molar-refractivity contribution in [3.63, 3.8) is 0 Å². The van der Waals surface area contributed by atoms with E-state index >= 15 is 0 Å². The van der Waals surface area contributed by atoms with Gasteiger partial charge in [0.05, 0.1) is 5.69 Å². The van der Waals surface area contributed by atoms with Crippen LogP contribution in [-0.2, 0) is 13.0 Å². The summed E-state index contributed by atoms with van der Waals surface area (Å²) < 4.78 is 41.0. The standard InChI is InChI=1S/C13H19F3N6/c1-2-22-9-11(17-20-22)5-7-21-6-3-4-10(8-21)12(18-19-12)13(14,15)16/h9-10H,2-8H2,1H3. The number of hydrogen-bond donors (Lipinski definition) is 0. The first-order valence-electron chi connectivity index (χ1n) is 7.57. The molecular formula is C13H19F3N6. The van der Waals surface area contributed by atoms with Crippen molar-refractivity contribution in [2.75, 3.05) is 19.6 Å². The van der Waals surface area contributed by atoms with E-state index in [0.29, 0.717) is 25.9 Å². The van der Waals surface area contributed by atoms with Gasteiger partial charge in [-0.1, -0.05) is 5.21 Å². The average molecular weight is 316 g/mol. The van der Waals surface area contributed by atoms with E-state index in [9.17, 15) is 13.2 Å². The van der Waals surface area contributed by atoms with Crippen LogP contribution in [-0.4, -0.2) is 51.4 Å². The number of hydrogen-bond acceptors (Lipinski definition) is 5. The van der Waals surface area contributed by atoms with Crippen molar-refractivity contribution in [3.05, 3.63) is 11.9 Å². The number of piperidine rings is 1. The molecule has 3 rings (SSSR count). The number of likely N-dealkylation sites (tertiary alicyclic amines) is 1. The minimum atomic E-state index is -4.37. The van der Waals surface area contributed by atoms with Gasteiger partial charge in [0, 0.05) is 38.2 Å². The molecule has 2 aliphatic heterocycles. The first kappa shape index (κ1) is 15.4. The second-order valence-corrected chi connectivity index (χ2v) is 5.88. The molecule has 3 heterocycles. The third-order valence-corrected chi connectivity index (χ3v) is 4.40. The number of aryl methyl sites for hydroxylation is 1. The highest BCUT2D eigenvalue weighted by Crippen LogP contribution is 2.51. The molecule has 0 aliphatic carbocycles. The summed E-state index contributed by atoms with van der Waals surface area (Å²) in [5, 5.41) is 14.7. The van der Waals surface area contributed by atoms with Gasteiger partial charge in [0.2, 0.25) is 0 Å². The van der Waals surface area contributed by atoms with Crippen molar-refractivity contribution in [1.29, 1.82) is 0 Å². The first-order chi connectivity index (χ1) is 10.4. The van der Waals surface area contributed by atoms with Crippen LogP contribution < -0.4 is 0 Å². The summed E-state index contributed by atoms with van der Waals surface area (Å²) in [5.41, 5.74) is -1.26. The van der Waals surface area contributed by atoms with Crippen molar-refractivity contribution < 1.29 is 13.2 Å². The highest BCUT2D eigenvalue weighted by molar-refractivity contribution is 5.07. The molecule has 0 amide bonds. The summed E-state index contributed by atoms with van der Waals surface area (Å²) in [4.78, 5) is 2.05. The van der Waals surface area contributed by atoms with Gasteiger partial charge in [-0.05, 0) is 26.3 Å². The zero-order valence-corrected chi connectivity index (χ0v) is 12.4. The van der Waals surface area contributed by atoms with Crippen molar-refractivity contribution >= 4 is 0 Å². The van der Waals surface area contributed by atoms with Gasteiger partial charge < -0.3 is 4.90 Å². The third kappa shape index (κ3) is 2.86. The molecule has 6 nitrogen and oxygen atoms in total. The van der Waals surface area contributed by atoms with E-state index in [1.807, 2.05) is 13.1 Å². The van der Waals surface area contributed by atoms with Crippen molar-refractivity contribution in [3.8, 4) is 0 Å². The van der Waals surface area contributed by atoms with Crippen LogP contribution in [0.1, 0.15) is 25.5 Å². The normalized spacial score (nSPS) is 24.6. The second kappa shape index (κ2) is 5.60. The molecule has 0 radical (unpaired) electrons. The Kier molecular flexibility index (Phi) is 3.92. The fourth-order valence-electron chi connectivity index (χ4n) is 3.03. The predicted octanol–water partition coefficient (Wildman–Crippen LogP) is 2.28. The molecule has 1 unspecified atom stereocenters. The molecule has 1 saturated heterocycles. The highest BCUT2D eigenvalue weighted by atomic mass is 19.4. The second-order valence-electron chi connectivity index (χ2n) is 5.88. The average Bonchev–Trinajstić information content (AvgIpc) is 3.19. The minimum Gasteiger partial charge on any atom is -0.302 e. The monoisotopic (exact) mass is 316 g/mol. The molecule has 0 saturated carbocycles. The van der Waals surface area contributed by atoms with E-state index in [2.05, 4.69) is 25.4 Å². The Morgan fingerprint density at radius 1 is 1.36 bits per heavy atom. The van der Waals surface area contributed by atoms with Crippen LogP contribution in [0.5, 0.6) is 0 Å². The molecule has 0 N–H and O–H groups in total. The van der Waals surface area contributed by atoms with Gasteiger partial charge in [0.25, 0.3) is 5.66 Å². The molecule has 0 bridgehead atoms. The summed E-state index contributed by atoms with van der Waals surface area (Å²) in [7, 11) is 0. The summed E-state index contributed by atoms with van der Waals surface area (Å²) in [6.07, 6.45) is -0.529. The predicted molar refractivity (Wildman–Crippen MR) is 72.2 cm³/mol. The quantitative estimate of drug-likeness (QED) is 0.837. The Balaban J connectivity index is 1.55. The lowest BCUT2D eigenvalue weighted by atomic mass is 9.87. The van der Waals surface area contributed by atoms with Crippen LogP contribution in [0, 0.1) is 5.92 Å². The zero-order valence-electron chi connectivity index (χ0n) is 12.4.